The van der Waals surface area contributed by atoms with Crippen LogP contribution in [0.5, 0.6) is 0 Å². The highest BCUT2D eigenvalue weighted by molar-refractivity contribution is 6.34. The second-order valence-corrected chi connectivity index (χ2v) is 5.54. The molecule has 0 spiro atoms. The number of amides is 1. The molecule has 2 N–H and O–H groups in total. The van der Waals surface area contributed by atoms with Gasteiger partial charge in [-0.05, 0) is 17.2 Å². The number of carbonyl (C=O) groups is 1. The summed E-state index contributed by atoms with van der Waals surface area (Å²) in [4.78, 5) is 12.3. The van der Waals surface area contributed by atoms with Gasteiger partial charge in [-0.2, -0.15) is 0 Å². The van der Waals surface area contributed by atoms with E-state index in [-0.39, 0.29) is 15.9 Å². The van der Waals surface area contributed by atoms with Gasteiger partial charge >= 0.3 is 0 Å². The van der Waals surface area contributed by atoms with Gasteiger partial charge in [0.1, 0.15) is 0 Å². The van der Waals surface area contributed by atoms with Gasteiger partial charge in [-0.25, -0.2) is 0 Å². The lowest BCUT2D eigenvalue weighted by Gasteiger charge is -2.18. The molecule has 0 saturated heterocycles. The van der Waals surface area contributed by atoms with E-state index in [0.717, 1.165) is 11.1 Å². The van der Waals surface area contributed by atoms with Crippen LogP contribution in [-0.4, -0.2) is 27.3 Å². The Labute approximate surface area is 130 Å². The molecule has 3 rings (SSSR count). The van der Waals surface area contributed by atoms with Gasteiger partial charge in [-0.15, -0.1) is 10.2 Å². The van der Waals surface area contributed by atoms with Crippen molar-refractivity contribution in [3.05, 3.63) is 57.3 Å². The highest BCUT2D eigenvalue weighted by Gasteiger charge is 2.32. The Hall–Kier alpha value is -1.69. The molecule has 108 valence electrons. The van der Waals surface area contributed by atoms with Gasteiger partial charge in [-0.1, -0.05) is 47.5 Å². The van der Waals surface area contributed by atoms with E-state index in [4.69, 9.17) is 23.2 Å². The molecule has 1 heterocycles. The van der Waals surface area contributed by atoms with E-state index in [0.29, 0.717) is 6.42 Å². The lowest BCUT2D eigenvalue weighted by atomic mass is 10.1. The number of halogens is 2. The van der Waals surface area contributed by atoms with Crippen molar-refractivity contribution < 1.29 is 9.90 Å². The predicted molar refractivity (Wildman–Crippen MR) is 78.4 cm³/mol. The van der Waals surface area contributed by atoms with E-state index >= 15 is 0 Å². The number of aliphatic hydroxyl groups excluding tert-OH is 1. The minimum atomic E-state index is -0.671. The van der Waals surface area contributed by atoms with Gasteiger partial charge in [0.05, 0.1) is 17.7 Å². The van der Waals surface area contributed by atoms with Gasteiger partial charge in [0, 0.05) is 6.42 Å². The number of rotatable bonds is 2. The summed E-state index contributed by atoms with van der Waals surface area (Å²) in [5.41, 5.74) is 2.06. The molecule has 1 aromatic carbocycles. The monoisotopic (exact) mass is 323 g/mol. The molecule has 0 radical (unpaired) electrons. The smallest absolute Gasteiger partial charge is 0.255 e. The molecule has 1 aliphatic rings. The van der Waals surface area contributed by atoms with Crippen LogP contribution in [0, 0.1) is 0 Å². The summed E-state index contributed by atoms with van der Waals surface area (Å²) in [7, 11) is 0. The van der Waals surface area contributed by atoms with Crippen molar-refractivity contribution >= 4 is 29.1 Å². The SMILES string of the molecule is O=C(NC1c2ccccc2CC1O)c1cc(Cl)nnc1Cl. The van der Waals surface area contributed by atoms with Gasteiger partial charge in [-0.3, -0.25) is 4.79 Å². The molecule has 1 amide bonds. The molecule has 21 heavy (non-hydrogen) atoms. The quantitative estimate of drug-likeness (QED) is 0.888. The van der Waals surface area contributed by atoms with Crippen molar-refractivity contribution in [1.29, 1.82) is 0 Å². The molecule has 0 aliphatic heterocycles. The van der Waals surface area contributed by atoms with E-state index in [9.17, 15) is 9.90 Å². The molecule has 0 saturated carbocycles. The number of nitrogens with zero attached hydrogens (tertiary/aromatic N) is 2. The molecule has 2 atom stereocenters. The zero-order chi connectivity index (χ0) is 15.0. The maximum absolute atomic E-state index is 12.3. The molecule has 5 nitrogen and oxygen atoms in total. The van der Waals surface area contributed by atoms with Crippen LogP contribution in [0.15, 0.2) is 30.3 Å². The first-order chi connectivity index (χ1) is 10.1. The van der Waals surface area contributed by atoms with E-state index in [1.165, 1.54) is 6.07 Å². The van der Waals surface area contributed by atoms with Gasteiger partial charge in [0.25, 0.3) is 5.91 Å². The average Bonchev–Trinajstić information content (AvgIpc) is 2.78. The Bertz CT molecular complexity index is 708. The van der Waals surface area contributed by atoms with E-state index in [1.807, 2.05) is 24.3 Å². The third-order valence-electron chi connectivity index (χ3n) is 3.45. The Morgan fingerprint density at radius 1 is 1.29 bits per heavy atom. The van der Waals surface area contributed by atoms with E-state index < -0.39 is 18.1 Å². The highest BCUT2D eigenvalue weighted by atomic mass is 35.5. The topological polar surface area (TPSA) is 75.1 Å². The second-order valence-electron chi connectivity index (χ2n) is 4.79. The number of fused-ring (bicyclic) bond motifs is 1. The fraction of sp³-hybridized carbons (Fsp3) is 0.214. The third kappa shape index (κ3) is 2.72. The van der Waals surface area contributed by atoms with Gasteiger partial charge < -0.3 is 10.4 Å². The second kappa shape index (κ2) is 5.60. The standard InChI is InChI=1S/C14H11Cl2N3O2/c15-11-6-9(13(16)19-18-11)14(21)17-12-8-4-2-1-3-7(8)5-10(12)20/h1-4,6,10,12,20H,5H2,(H,17,21). The summed E-state index contributed by atoms with van der Waals surface area (Å²) in [6.07, 6.45) is -0.167. The Kier molecular flexibility index (Phi) is 3.80. The van der Waals surface area contributed by atoms with Crippen LogP contribution in [0.3, 0.4) is 0 Å². The summed E-state index contributed by atoms with van der Waals surface area (Å²) in [5.74, 6) is -0.447. The molecule has 2 aromatic rings. The van der Waals surface area contributed by atoms with Crippen LogP contribution in [0.2, 0.25) is 10.3 Å². The minimum Gasteiger partial charge on any atom is -0.390 e. The van der Waals surface area contributed by atoms with Crippen molar-refractivity contribution in [2.45, 2.75) is 18.6 Å². The Morgan fingerprint density at radius 2 is 2.05 bits per heavy atom. The summed E-state index contributed by atoms with van der Waals surface area (Å²) in [6, 6.07) is 8.46. The molecule has 7 heteroatoms. The fourth-order valence-corrected chi connectivity index (χ4v) is 2.80. The number of carbonyl (C=O) groups excluding carboxylic acids is 1. The first-order valence-electron chi connectivity index (χ1n) is 6.31. The lowest BCUT2D eigenvalue weighted by molar-refractivity contribution is 0.0858. The molecule has 1 aliphatic carbocycles. The normalized spacial score (nSPS) is 20.1. The van der Waals surface area contributed by atoms with Crippen LogP contribution >= 0.6 is 23.2 Å². The Morgan fingerprint density at radius 3 is 2.86 bits per heavy atom. The molecule has 0 fully saturated rings. The molecular weight excluding hydrogens is 313 g/mol. The lowest BCUT2D eigenvalue weighted by Crippen LogP contribution is -2.34. The first kappa shape index (κ1) is 14.3. The van der Waals surface area contributed by atoms with Gasteiger partial charge in [0.2, 0.25) is 0 Å². The predicted octanol–water partition coefficient (Wildman–Crippen LogP) is 2.17. The minimum absolute atomic E-state index is 0.0299. The molecule has 2 unspecified atom stereocenters. The molecule has 1 aromatic heterocycles. The maximum Gasteiger partial charge on any atom is 0.255 e. The van der Waals surface area contributed by atoms with Crippen molar-refractivity contribution in [2.75, 3.05) is 0 Å². The number of benzene rings is 1. The maximum atomic E-state index is 12.3. The summed E-state index contributed by atoms with van der Waals surface area (Å²) in [5, 5.41) is 20.1. The van der Waals surface area contributed by atoms with Crippen LogP contribution in [0.4, 0.5) is 0 Å². The first-order valence-corrected chi connectivity index (χ1v) is 7.07. The summed E-state index contributed by atoms with van der Waals surface area (Å²) in [6.45, 7) is 0. The summed E-state index contributed by atoms with van der Waals surface area (Å²) >= 11 is 11.6. The zero-order valence-corrected chi connectivity index (χ0v) is 12.3. The van der Waals surface area contributed by atoms with Crippen molar-refractivity contribution in [3.8, 4) is 0 Å². The molecule has 0 bridgehead atoms. The van der Waals surface area contributed by atoms with E-state index in [1.54, 1.807) is 0 Å². The fourth-order valence-electron chi connectivity index (χ4n) is 2.48. The van der Waals surface area contributed by atoms with Crippen molar-refractivity contribution in [3.63, 3.8) is 0 Å². The highest BCUT2D eigenvalue weighted by Crippen LogP contribution is 2.31. The Balaban J connectivity index is 1.87. The third-order valence-corrected chi connectivity index (χ3v) is 3.92. The zero-order valence-electron chi connectivity index (χ0n) is 10.8. The average molecular weight is 324 g/mol. The van der Waals surface area contributed by atoms with E-state index in [2.05, 4.69) is 15.5 Å². The number of hydrogen-bond donors (Lipinski definition) is 2. The number of aliphatic hydroxyl groups is 1. The number of hydrogen-bond acceptors (Lipinski definition) is 4. The van der Waals surface area contributed by atoms with Crippen LogP contribution in [0.25, 0.3) is 0 Å². The van der Waals surface area contributed by atoms with Crippen molar-refractivity contribution in [1.82, 2.24) is 15.5 Å². The van der Waals surface area contributed by atoms with Crippen molar-refractivity contribution in [2.24, 2.45) is 0 Å². The van der Waals surface area contributed by atoms with Crippen LogP contribution < -0.4 is 5.32 Å². The number of nitrogens with one attached hydrogen (secondary N) is 1. The molecular formula is C14H11Cl2N3O2. The largest absolute Gasteiger partial charge is 0.390 e. The van der Waals surface area contributed by atoms with Crippen LogP contribution in [0.1, 0.15) is 27.5 Å². The van der Waals surface area contributed by atoms with Crippen LogP contribution in [-0.2, 0) is 6.42 Å². The number of aromatic nitrogens is 2. The summed E-state index contributed by atoms with van der Waals surface area (Å²) < 4.78 is 0. The van der Waals surface area contributed by atoms with Gasteiger partial charge in [0.15, 0.2) is 10.3 Å².